The maximum Gasteiger partial charge on any atom is 0.279 e. The number of hydrogen-bond acceptors (Lipinski definition) is 5. The van der Waals surface area contributed by atoms with Gasteiger partial charge in [-0.2, -0.15) is 4.98 Å². The van der Waals surface area contributed by atoms with Crippen molar-refractivity contribution in [3.05, 3.63) is 45.7 Å². The summed E-state index contributed by atoms with van der Waals surface area (Å²) in [4.78, 5) is 29.3. The van der Waals surface area contributed by atoms with Crippen LogP contribution in [0.1, 0.15) is 50.2 Å². The Hall–Kier alpha value is -2.28. The van der Waals surface area contributed by atoms with Gasteiger partial charge in [0.2, 0.25) is 5.91 Å². The fraction of sp³-hybridized carbons (Fsp3) is 0.450. The lowest BCUT2D eigenvalue weighted by atomic mass is 9.87. The van der Waals surface area contributed by atoms with E-state index in [1.54, 1.807) is 4.57 Å². The molecule has 6 nitrogen and oxygen atoms in total. The molecule has 0 unspecified atom stereocenters. The molecule has 1 aromatic carbocycles. The van der Waals surface area contributed by atoms with E-state index in [9.17, 15) is 9.59 Å². The van der Waals surface area contributed by atoms with Gasteiger partial charge in [0, 0.05) is 19.4 Å². The first kappa shape index (κ1) is 19.5. The van der Waals surface area contributed by atoms with Crippen LogP contribution in [0.25, 0.3) is 0 Å². The van der Waals surface area contributed by atoms with Crippen molar-refractivity contribution in [2.45, 2.75) is 44.2 Å². The van der Waals surface area contributed by atoms with Crippen LogP contribution in [0.15, 0.2) is 34.2 Å². The largest absolute Gasteiger partial charge is 0.494 e. The van der Waals surface area contributed by atoms with Crippen molar-refractivity contribution in [3.8, 4) is 5.75 Å². The van der Waals surface area contributed by atoms with Crippen LogP contribution in [0.3, 0.4) is 0 Å². The van der Waals surface area contributed by atoms with Gasteiger partial charge >= 0.3 is 0 Å². The van der Waals surface area contributed by atoms with E-state index in [0.717, 1.165) is 29.9 Å². The molecule has 2 heterocycles. The van der Waals surface area contributed by atoms with Crippen LogP contribution in [0.2, 0.25) is 0 Å². The first-order valence-corrected chi connectivity index (χ1v) is 10.3. The molecule has 2 aromatic rings. The number of benzene rings is 1. The minimum Gasteiger partial charge on any atom is -0.494 e. The molecule has 7 heteroatoms. The lowest BCUT2D eigenvalue weighted by molar-refractivity contribution is -0.116. The third kappa shape index (κ3) is 4.18. The van der Waals surface area contributed by atoms with Crippen molar-refractivity contribution >= 4 is 23.5 Å². The maximum atomic E-state index is 12.7. The number of amides is 1. The average molecular weight is 388 g/mol. The summed E-state index contributed by atoms with van der Waals surface area (Å²) in [7, 11) is 1.83. The van der Waals surface area contributed by atoms with Crippen LogP contribution in [0, 0.1) is 0 Å². The van der Waals surface area contributed by atoms with Crippen molar-refractivity contribution in [1.29, 1.82) is 0 Å². The van der Waals surface area contributed by atoms with Gasteiger partial charge < -0.3 is 14.6 Å². The van der Waals surface area contributed by atoms with E-state index in [-0.39, 0.29) is 23.8 Å². The molecule has 1 aliphatic rings. The highest BCUT2D eigenvalue weighted by Gasteiger charge is 2.32. The number of aromatic nitrogens is 2. The van der Waals surface area contributed by atoms with Gasteiger partial charge in [-0.15, -0.1) is 0 Å². The summed E-state index contributed by atoms with van der Waals surface area (Å²) in [5.74, 6) is 1.76. The van der Waals surface area contributed by atoms with E-state index in [1.807, 2.05) is 38.2 Å². The molecule has 0 radical (unpaired) electrons. The summed E-state index contributed by atoms with van der Waals surface area (Å²) in [6.45, 7) is 4.81. The molecule has 0 aliphatic carbocycles. The predicted octanol–water partition coefficient (Wildman–Crippen LogP) is 3.55. The highest BCUT2D eigenvalue weighted by atomic mass is 32.2. The number of unbranched alkanes of at least 4 members (excludes halogenated alkanes) is 1. The predicted molar refractivity (Wildman–Crippen MR) is 108 cm³/mol. The lowest BCUT2D eigenvalue weighted by Gasteiger charge is -2.27. The molecule has 0 saturated heterocycles. The third-order valence-corrected chi connectivity index (χ3v) is 5.54. The Balaban J connectivity index is 1.95. The molecule has 0 bridgehead atoms. The molecular weight excluding hydrogens is 362 g/mol. The molecule has 27 heavy (non-hydrogen) atoms. The van der Waals surface area contributed by atoms with Crippen LogP contribution in [0.4, 0.5) is 5.82 Å². The van der Waals surface area contributed by atoms with E-state index in [1.165, 1.54) is 11.8 Å². The van der Waals surface area contributed by atoms with Gasteiger partial charge in [-0.25, -0.2) is 0 Å². The number of thioether (sulfide) groups is 1. The SMILES string of the molecule is CCCCOc1ccc([C@H]2CC(=O)Nc3c2c(=O)nc(SCC)n3C)cc1. The number of nitrogens with one attached hydrogen (secondary N) is 1. The Kier molecular flexibility index (Phi) is 6.21. The molecule has 0 saturated carbocycles. The fourth-order valence-electron chi connectivity index (χ4n) is 3.21. The number of ether oxygens (including phenoxy) is 1. The zero-order valence-corrected chi connectivity index (χ0v) is 16.8. The quantitative estimate of drug-likeness (QED) is 0.447. The van der Waals surface area contributed by atoms with Crippen molar-refractivity contribution in [2.24, 2.45) is 7.05 Å². The van der Waals surface area contributed by atoms with Crippen molar-refractivity contribution in [2.75, 3.05) is 17.7 Å². The van der Waals surface area contributed by atoms with Gasteiger partial charge in [0.1, 0.15) is 11.6 Å². The zero-order chi connectivity index (χ0) is 19.4. The number of rotatable bonds is 7. The smallest absolute Gasteiger partial charge is 0.279 e. The minimum absolute atomic E-state index is 0.0931. The summed E-state index contributed by atoms with van der Waals surface area (Å²) in [5, 5.41) is 3.47. The Morgan fingerprint density at radius 3 is 2.67 bits per heavy atom. The van der Waals surface area contributed by atoms with E-state index in [2.05, 4.69) is 17.2 Å². The second-order valence-electron chi connectivity index (χ2n) is 6.53. The van der Waals surface area contributed by atoms with Crippen LogP contribution >= 0.6 is 11.8 Å². The molecule has 1 aromatic heterocycles. The average Bonchev–Trinajstić information content (AvgIpc) is 2.66. The van der Waals surface area contributed by atoms with Crippen LogP contribution < -0.4 is 15.6 Å². The zero-order valence-electron chi connectivity index (χ0n) is 15.9. The summed E-state index contributed by atoms with van der Waals surface area (Å²) in [6, 6.07) is 7.66. The summed E-state index contributed by atoms with van der Waals surface area (Å²) >= 11 is 1.48. The molecule has 0 spiro atoms. The molecule has 1 amide bonds. The number of hydrogen-bond donors (Lipinski definition) is 1. The number of carbonyl (C=O) groups is 1. The number of fused-ring (bicyclic) bond motifs is 1. The summed E-state index contributed by atoms with van der Waals surface area (Å²) in [5.41, 5.74) is 1.20. The second kappa shape index (κ2) is 8.61. The molecular formula is C20H25N3O3S. The van der Waals surface area contributed by atoms with Gasteiger partial charge in [-0.1, -0.05) is 44.2 Å². The van der Waals surface area contributed by atoms with E-state index < -0.39 is 0 Å². The number of carbonyl (C=O) groups excluding carboxylic acids is 1. The first-order valence-electron chi connectivity index (χ1n) is 9.31. The molecule has 1 N–H and O–H groups in total. The number of nitrogens with zero attached hydrogens (tertiary/aromatic N) is 2. The van der Waals surface area contributed by atoms with E-state index >= 15 is 0 Å². The molecule has 3 rings (SSSR count). The highest BCUT2D eigenvalue weighted by Crippen LogP contribution is 2.36. The number of anilines is 1. The molecule has 1 aliphatic heterocycles. The monoisotopic (exact) mass is 387 g/mol. The van der Waals surface area contributed by atoms with Gasteiger partial charge in [-0.05, 0) is 29.9 Å². The lowest BCUT2D eigenvalue weighted by Crippen LogP contribution is -2.33. The Labute approximate surface area is 163 Å². The van der Waals surface area contributed by atoms with Gasteiger partial charge in [-0.3, -0.25) is 9.59 Å². The van der Waals surface area contributed by atoms with Crippen molar-refractivity contribution in [1.82, 2.24) is 9.55 Å². The van der Waals surface area contributed by atoms with Crippen molar-refractivity contribution < 1.29 is 9.53 Å². The molecule has 0 fully saturated rings. The molecule has 1 atom stereocenters. The Morgan fingerprint density at radius 1 is 1.26 bits per heavy atom. The summed E-state index contributed by atoms with van der Waals surface area (Å²) in [6.07, 6.45) is 2.33. The van der Waals surface area contributed by atoms with Gasteiger partial charge in [0.25, 0.3) is 5.56 Å². The normalized spacial score (nSPS) is 16.0. The van der Waals surface area contributed by atoms with E-state index in [0.29, 0.717) is 23.1 Å². The topological polar surface area (TPSA) is 73.2 Å². The summed E-state index contributed by atoms with van der Waals surface area (Å²) < 4.78 is 7.51. The van der Waals surface area contributed by atoms with Crippen LogP contribution in [0.5, 0.6) is 5.75 Å². The van der Waals surface area contributed by atoms with Gasteiger partial charge in [0.05, 0.1) is 12.2 Å². The maximum absolute atomic E-state index is 12.7. The Morgan fingerprint density at radius 2 is 2.00 bits per heavy atom. The standard InChI is InChI=1S/C20H25N3O3S/c1-4-6-11-26-14-9-7-13(8-10-14)15-12-16(24)21-18-17(15)19(25)22-20(23(18)3)27-5-2/h7-10,15H,4-6,11-12H2,1-3H3,(H,21,24)/t15-/m1/s1. The second-order valence-corrected chi connectivity index (χ2v) is 7.76. The van der Waals surface area contributed by atoms with Crippen LogP contribution in [-0.4, -0.2) is 27.8 Å². The minimum atomic E-state index is -0.301. The highest BCUT2D eigenvalue weighted by molar-refractivity contribution is 7.99. The van der Waals surface area contributed by atoms with Crippen LogP contribution in [-0.2, 0) is 11.8 Å². The fourth-order valence-corrected chi connectivity index (χ4v) is 3.90. The Bertz CT molecular complexity index is 877. The first-order chi connectivity index (χ1) is 13.0. The van der Waals surface area contributed by atoms with Crippen molar-refractivity contribution in [3.63, 3.8) is 0 Å². The third-order valence-electron chi connectivity index (χ3n) is 4.62. The van der Waals surface area contributed by atoms with Gasteiger partial charge in [0.15, 0.2) is 5.16 Å². The molecule has 144 valence electrons. The van der Waals surface area contributed by atoms with E-state index in [4.69, 9.17) is 4.74 Å².